The molecule has 0 fully saturated rings. The van der Waals surface area contributed by atoms with Gasteiger partial charge in [-0.15, -0.1) is 0 Å². The van der Waals surface area contributed by atoms with Gasteiger partial charge >= 0.3 is 0 Å². The number of benzene rings is 2. The number of ether oxygens (including phenoxy) is 2. The van der Waals surface area contributed by atoms with Gasteiger partial charge in [-0.1, -0.05) is 12.1 Å². The zero-order valence-corrected chi connectivity index (χ0v) is 15.0. The molecule has 0 saturated heterocycles. The summed E-state index contributed by atoms with van der Waals surface area (Å²) in [4.78, 5) is 20.9. The van der Waals surface area contributed by atoms with Gasteiger partial charge in [0.2, 0.25) is 6.79 Å². The first-order chi connectivity index (χ1) is 13.6. The van der Waals surface area contributed by atoms with Crippen LogP contribution in [-0.2, 0) is 6.54 Å². The fourth-order valence-corrected chi connectivity index (χ4v) is 2.79. The quantitative estimate of drug-likeness (QED) is 0.706. The molecular formula is C20H17FN4O3. The fourth-order valence-electron chi connectivity index (χ4n) is 2.79. The standard InChI is InChI=1S/C20H17FN4O3/c1-12-23-16(9-19(24-12)25-15-4-2-3-14(21)8-15)20(26)22-10-13-5-6-17-18(7-13)28-11-27-17/h2-9H,10-11H2,1H3,(H,22,26)(H,23,24,25). The van der Waals surface area contributed by atoms with Gasteiger partial charge in [0.05, 0.1) is 0 Å². The Kier molecular flexibility index (Phi) is 4.76. The van der Waals surface area contributed by atoms with Crippen LogP contribution in [-0.4, -0.2) is 22.7 Å². The smallest absolute Gasteiger partial charge is 0.270 e. The van der Waals surface area contributed by atoms with Crippen molar-refractivity contribution >= 4 is 17.4 Å². The number of rotatable bonds is 5. The van der Waals surface area contributed by atoms with Crippen molar-refractivity contribution in [2.24, 2.45) is 0 Å². The van der Waals surface area contributed by atoms with Gasteiger partial charge in [-0.3, -0.25) is 4.79 Å². The number of fused-ring (bicyclic) bond motifs is 1. The summed E-state index contributed by atoms with van der Waals surface area (Å²) in [6.07, 6.45) is 0. The van der Waals surface area contributed by atoms with Crippen molar-refractivity contribution in [1.82, 2.24) is 15.3 Å². The fraction of sp³-hybridized carbons (Fsp3) is 0.150. The van der Waals surface area contributed by atoms with Crippen LogP contribution in [0.25, 0.3) is 0 Å². The Bertz CT molecular complexity index is 1040. The van der Waals surface area contributed by atoms with Crippen molar-refractivity contribution in [3.05, 3.63) is 71.4 Å². The summed E-state index contributed by atoms with van der Waals surface area (Å²) in [5, 5.41) is 5.80. The molecule has 0 spiro atoms. The third-order valence-corrected chi connectivity index (χ3v) is 4.06. The molecule has 1 aliphatic rings. The van der Waals surface area contributed by atoms with E-state index in [-0.39, 0.29) is 24.2 Å². The largest absolute Gasteiger partial charge is 0.454 e. The summed E-state index contributed by atoms with van der Waals surface area (Å²) < 4.78 is 24.0. The van der Waals surface area contributed by atoms with Crippen LogP contribution in [0.5, 0.6) is 11.5 Å². The van der Waals surface area contributed by atoms with Crippen LogP contribution in [0, 0.1) is 12.7 Å². The van der Waals surface area contributed by atoms with E-state index in [1.807, 2.05) is 12.1 Å². The van der Waals surface area contributed by atoms with E-state index in [4.69, 9.17) is 9.47 Å². The number of carbonyl (C=O) groups excluding carboxylic acids is 1. The van der Waals surface area contributed by atoms with Crippen molar-refractivity contribution in [2.75, 3.05) is 12.1 Å². The van der Waals surface area contributed by atoms with E-state index >= 15 is 0 Å². The SMILES string of the molecule is Cc1nc(Nc2cccc(F)c2)cc(C(=O)NCc2ccc3c(c2)OCO3)n1. The van der Waals surface area contributed by atoms with E-state index < -0.39 is 0 Å². The van der Waals surface area contributed by atoms with Gasteiger partial charge in [-0.2, -0.15) is 0 Å². The van der Waals surface area contributed by atoms with Crippen molar-refractivity contribution in [3.63, 3.8) is 0 Å². The number of halogens is 1. The molecule has 7 nitrogen and oxygen atoms in total. The molecule has 0 radical (unpaired) electrons. The van der Waals surface area contributed by atoms with Gasteiger partial charge < -0.3 is 20.1 Å². The first kappa shape index (κ1) is 17.7. The number of carbonyl (C=O) groups is 1. The van der Waals surface area contributed by atoms with Gasteiger partial charge in [0, 0.05) is 18.3 Å². The minimum atomic E-state index is -0.363. The minimum Gasteiger partial charge on any atom is -0.454 e. The molecule has 1 aliphatic heterocycles. The van der Waals surface area contributed by atoms with Gasteiger partial charge in [0.1, 0.15) is 23.2 Å². The minimum absolute atomic E-state index is 0.201. The highest BCUT2D eigenvalue weighted by atomic mass is 19.1. The Morgan fingerprint density at radius 1 is 1.11 bits per heavy atom. The molecule has 28 heavy (non-hydrogen) atoms. The average molecular weight is 380 g/mol. The number of nitrogens with zero attached hydrogens (tertiary/aromatic N) is 2. The molecule has 142 valence electrons. The Labute approximate surface area is 160 Å². The monoisotopic (exact) mass is 380 g/mol. The third-order valence-electron chi connectivity index (χ3n) is 4.06. The molecule has 0 bridgehead atoms. The van der Waals surface area contributed by atoms with Crippen molar-refractivity contribution in [3.8, 4) is 11.5 Å². The molecule has 3 aromatic rings. The maximum Gasteiger partial charge on any atom is 0.270 e. The normalized spacial score (nSPS) is 11.9. The van der Waals surface area contributed by atoms with Gasteiger partial charge in [-0.05, 0) is 42.8 Å². The molecule has 4 rings (SSSR count). The van der Waals surface area contributed by atoms with Crippen LogP contribution in [0.3, 0.4) is 0 Å². The summed E-state index contributed by atoms with van der Waals surface area (Å²) in [5.41, 5.74) is 1.62. The molecule has 0 unspecified atom stereocenters. The van der Waals surface area contributed by atoms with Crippen LogP contribution < -0.4 is 20.1 Å². The van der Waals surface area contributed by atoms with Crippen LogP contribution in [0.4, 0.5) is 15.9 Å². The van der Waals surface area contributed by atoms with Gasteiger partial charge in [0.25, 0.3) is 5.91 Å². The van der Waals surface area contributed by atoms with Crippen molar-refractivity contribution in [1.29, 1.82) is 0 Å². The van der Waals surface area contributed by atoms with E-state index in [0.717, 1.165) is 5.56 Å². The topological polar surface area (TPSA) is 85.4 Å². The highest BCUT2D eigenvalue weighted by Gasteiger charge is 2.15. The molecule has 2 aromatic carbocycles. The molecular weight excluding hydrogens is 363 g/mol. The Balaban J connectivity index is 1.45. The molecule has 0 aliphatic carbocycles. The molecule has 1 aromatic heterocycles. The molecule has 8 heteroatoms. The molecule has 1 amide bonds. The van der Waals surface area contributed by atoms with E-state index in [0.29, 0.717) is 35.4 Å². The van der Waals surface area contributed by atoms with Gasteiger partial charge in [-0.25, -0.2) is 14.4 Å². The average Bonchev–Trinajstić information content (AvgIpc) is 3.13. The zero-order valence-electron chi connectivity index (χ0n) is 15.0. The highest BCUT2D eigenvalue weighted by Crippen LogP contribution is 2.32. The lowest BCUT2D eigenvalue weighted by molar-refractivity contribution is 0.0945. The third kappa shape index (κ3) is 4.01. The highest BCUT2D eigenvalue weighted by molar-refractivity contribution is 5.93. The van der Waals surface area contributed by atoms with E-state index in [1.165, 1.54) is 18.2 Å². The lowest BCUT2D eigenvalue weighted by Crippen LogP contribution is -2.24. The lowest BCUT2D eigenvalue weighted by atomic mass is 10.2. The first-order valence-electron chi connectivity index (χ1n) is 8.62. The summed E-state index contributed by atoms with van der Waals surface area (Å²) in [7, 11) is 0. The van der Waals surface area contributed by atoms with Crippen LogP contribution in [0.2, 0.25) is 0 Å². The zero-order chi connectivity index (χ0) is 19.5. The number of aromatic nitrogens is 2. The second kappa shape index (κ2) is 7.51. The summed E-state index contributed by atoms with van der Waals surface area (Å²) >= 11 is 0. The number of anilines is 2. The number of nitrogens with one attached hydrogen (secondary N) is 2. The van der Waals surface area contributed by atoms with E-state index in [2.05, 4.69) is 20.6 Å². The maximum absolute atomic E-state index is 13.3. The number of aryl methyl sites for hydroxylation is 1. The van der Waals surface area contributed by atoms with Crippen molar-refractivity contribution in [2.45, 2.75) is 13.5 Å². The lowest BCUT2D eigenvalue weighted by Gasteiger charge is -2.10. The summed E-state index contributed by atoms with van der Waals surface area (Å²) in [6, 6.07) is 13.0. The van der Waals surface area contributed by atoms with E-state index in [1.54, 1.807) is 25.1 Å². The molecule has 0 saturated carbocycles. The van der Waals surface area contributed by atoms with Crippen molar-refractivity contribution < 1.29 is 18.7 Å². The summed E-state index contributed by atoms with van der Waals surface area (Å²) in [6.45, 7) is 2.20. The number of hydrogen-bond donors (Lipinski definition) is 2. The molecule has 2 heterocycles. The molecule has 0 atom stereocenters. The van der Waals surface area contributed by atoms with Crippen LogP contribution in [0.15, 0.2) is 48.5 Å². The number of hydrogen-bond acceptors (Lipinski definition) is 6. The van der Waals surface area contributed by atoms with E-state index in [9.17, 15) is 9.18 Å². The van der Waals surface area contributed by atoms with Gasteiger partial charge in [0.15, 0.2) is 11.5 Å². The second-order valence-electron chi connectivity index (χ2n) is 6.19. The number of amides is 1. The van der Waals surface area contributed by atoms with Crippen LogP contribution in [0.1, 0.15) is 21.9 Å². The molecule has 2 N–H and O–H groups in total. The predicted octanol–water partition coefficient (Wildman–Crippen LogP) is 3.33. The Hall–Kier alpha value is -3.68. The predicted molar refractivity (Wildman–Crippen MR) is 100 cm³/mol. The summed E-state index contributed by atoms with van der Waals surface area (Å²) in [5.74, 6) is 1.48. The Morgan fingerprint density at radius 3 is 2.82 bits per heavy atom. The maximum atomic E-state index is 13.3. The van der Waals surface area contributed by atoms with Crippen LogP contribution >= 0.6 is 0 Å². The second-order valence-corrected chi connectivity index (χ2v) is 6.19. The first-order valence-corrected chi connectivity index (χ1v) is 8.62. The Morgan fingerprint density at radius 2 is 1.96 bits per heavy atom.